The van der Waals surface area contributed by atoms with Gasteiger partial charge in [0.25, 0.3) is 5.91 Å². The van der Waals surface area contributed by atoms with E-state index in [1.165, 1.54) is 16.9 Å². The first-order valence-electron chi connectivity index (χ1n) is 9.14. The van der Waals surface area contributed by atoms with Crippen LogP contribution in [0.25, 0.3) is 0 Å². The Labute approximate surface area is 168 Å². The number of methoxy groups -OCH3 is 2. The Morgan fingerprint density at radius 3 is 2.50 bits per heavy atom. The maximum Gasteiger partial charge on any atom is 0.266 e. The van der Waals surface area contributed by atoms with Gasteiger partial charge >= 0.3 is 0 Å². The molecular formula is C22H22N2O3S. The summed E-state index contributed by atoms with van der Waals surface area (Å²) in [6, 6.07) is 14.0. The van der Waals surface area contributed by atoms with Crippen molar-refractivity contribution >= 4 is 17.2 Å². The molecule has 0 bridgehead atoms. The third-order valence-corrected chi connectivity index (χ3v) is 6.11. The number of carbonyl (C=O) groups excluding carboxylic acids is 1. The van der Waals surface area contributed by atoms with Crippen LogP contribution >= 0.6 is 11.3 Å². The van der Waals surface area contributed by atoms with Gasteiger partial charge in [0.1, 0.15) is 4.88 Å². The third kappa shape index (κ3) is 3.14. The highest BCUT2D eigenvalue weighted by Crippen LogP contribution is 2.41. The van der Waals surface area contributed by atoms with Gasteiger partial charge in [0, 0.05) is 6.54 Å². The lowest BCUT2D eigenvalue weighted by atomic mass is 9.87. The van der Waals surface area contributed by atoms with E-state index in [1.54, 1.807) is 19.7 Å². The van der Waals surface area contributed by atoms with Crippen molar-refractivity contribution in [2.45, 2.75) is 19.4 Å². The summed E-state index contributed by atoms with van der Waals surface area (Å²) in [5.41, 5.74) is 5.83. The molecule has 1 aromatic heterocycles. The molecule has 3 aromatic rings. The highest BCUT2D eigenvalue weighted by atomic mass is 32.1. The predicted molar refractivity (Wildman–Crippen MR) is 109 cm³/mol. The molecule has 0 radical (unpaired) electrons. The van der Waals surface area contributed by atoms with Crippen LogP contribution in [0.4, 0.5) is 0 Å². The van der Waals surface area contributed by atoms with E-state index in [0.29, 0.717) is 22.9 Å². The fraction of sp³-hybridized carbons (Fsp3) is 0.273. The van der Waals surface area contributed by atoms with Crippen LogP contribution in [0.3, 0.4) is 0 Å². The molecule has 5 nitrogen and oxygen atoms in total. The Balaban J connectivity index is 1.86. The van der Waals surface area contributed by atoms with Gasteiger partial charge in [-0.3, -0.25) is 4.79 Å². The molecule has 2 aromatic carbocycles. The summed E-state index contributed by atoms with van der Waals surface area (Å²) in [5, 5.41) is 0. The second-order valence-corrected chi connectivity index (χ2v) is 7.59. The second-order valence-electron chi connectivity index (χ2n) is 6.73. The average molecular weight is 394 g/mol. The minimum Gasteiger partial charge on any atom is -0.493 e. The zero-order chi connectivity index (χ0) is 19.7. The largest absolute Gasteiger partial charge is 0.493 e. The number of ether oxygens (including phenoxy) is 2. The van der Waals surface area contributed by atoms with Crippen molar-refractivity contribution < 1.29 is 14.3 Å². The summed E-state index contributed by atoms with van der Waals surface area (Å²) in [6.07, 6.45) is 0.766. The van der Waals surface area contributed by atoms with E-state index < -0.39 is 0 Å². The number of hydrogen-bond donors (Lipinski definition) is 0. The van der Waals surface area contributed by atoms with Gasteiger partial charge in [-0.05, 0) is 42.2 Å². The molecule has 144 valence electrons. The number of nitrogens with zero attached hydrogens (tertiary/aromatic N) is 2. The van der Waals surface area contributed by atoms with Crippen LogP contribution in [-0.2, 0) is 6.42 Å². The number of benzene rings is 2. The van der Waals surface area contributed by atoms with Gasteiger partial charge in [-0.2, -0.15) is 0 Å². The number of hydrogen-bond acceptors (Lipinski definition) is 5. The van der Waals surface area contributed by atoms with Gasteiger partial charge < -0.3 is 14.4 Å². The Bertz CT molecular complexity index is 1000. The summed E-state index contributed by atoms with van der Waals surface area (Å²) >= 11 is 1.40. The molecule has 0 saturated carbocycles. The maximum absolute atomic E-state index is 13.4. The maximum atomic E-state index is 13.4. The molecule has 0 fully saturated rings. The van der Waals surface area contributed by atoms with Crippen LogP contribution in [0.5, 0.6) is 11.5 Å². The van der Waals surface area contributed by atoms with E-state index in [4.69, 9.17) is 9.47 Å². The zero-order valence-corrected chi connectivity index (χ0v) is 17.0. The molecule has 0 N–H and O–H groups in total. The van der Waals surface area contributed by atoms with Gasteiger partial charge in [0.2, 0.25) is 0 Å². The minimum absolute atomic E-state index is 0.0225. The monoisotopic (exact) mass is 394 g/mol. The molecule has 1 aliphatic rings. The van der Waals surface area contributed by atoms with Crippen molar-refractivity contribution in [3.63, 3.8) is 0 Å². The average Bonchev–Trinajstić information content (AvgIpc) is 3.17. The molecule has 2 heterocycles. The van der Waals surface area contributed by atoms with Crippen molar-refractivity contribution in [1.82, 2.24) is 9.88 Å². The first kappa shape index (κ1) is 18.5. The first-order valence-corrected chi connectivity index (χ1v) is 10.0. The van der Waals surface area contributed by atoms with E-state index in [2.05, 4.69) is 17.1 Å². The van der Waals surface area contributed by atoms with Gasteiger partial charge in [0.15, 0.2) is 11.5 Å². The number of fused-ring (bicyclic) bond motifs is 1. The summed E-state index contributed by atoms with van der Waals surface area (Å²) in [4.78, 5) is 20.3. The van der Waals surface area contributed by atoms with Crippen molar-refractivity contribution in [1.29, 1.82) is 0 Å². The smallest absolute Gasteiger partial charge is 0.266 e. The lowest BCUT2D eigenvalue weighted by Crippen LogP contribution is -2.40. The van der Waals surface area contributed by atoms with Gasteiger partial charge in [-0.1, -0.05) is 30.3 Å². The first-order chi connectivity index (χ1) is 13.6. The molecule has 1 amide bonds. The minimum atomic E-state index is -0.182. The van der Waals surface area contributed by atoms with E-state index in [-0.39, 0.29) is 11.9 Å². The molecule has 0 saturated heterocycles. The predicted octanol–water partition coefficient (Wildman–Crippen LogP) is 4.26. The standard InChI is InChI=1S/C22H22N2O3S/c1-14-21(28-13-23-14)22(25)24-10-9-16-11-18(26-2)19(27-3)12-17(16)20(24)15-7-5-4-6-8-15/h4-8,11-13,20H,9-10H2,1-3H3/t20-/m1/s1. The highest BCUT2D eigenvalue weighted by molar-refractivity contribution is 7.11. The zero-order valence-electron chi connectivity index (χ0n) is 16.1. The SMILES string of the molecule is COc1cc2c(cc1OC)[C@@H](c1ccccc1)N(C(=O)c1scnc1C)CC2. The van der Waals surface area contributed by atoms with E-state index in [0.717, 1.165) is 23.2 Å². The number of rotatable bonds is 4. The molecule has 28 heavy (non-hydrogen) atoms. The summed E-state index contributed by atoms with van der Waals surface area (Å²) in [6.45, 7) is 2.52. The van der Waals surface area contributed by atoms with Crippen LogP contribution in [0, 0.1) is 6.92 Å². The summed E-state index contributed by atoms with van der Waals surface area (Å²) in [5.74, 6) is 1.41. The Morgan fingerprint density at radius 1 is 1.14 bits per heavy atom. The van der Waals surface area contributed by atoms with Crippen LogP contribution < -0.4 is 9.47 Å². The fourth-order valence-electron chi connectivity index (χ4n) is 3.80. The van der Waals surface area contributed by atoms with Crippen molar-refractivity contribution in [3.8, 4) is 11.5 Å². The molecule has 4 rings (SSSR count). The second kappa shape index (κ2) is 7.64. The lowest BCUT2D eigenvalue weighted by molar-refractivity contribution is 0.0698. The van der Waals surface area contributed by atoms with Crippen molar-refractivity contribution in [3.05, 3.63) is 75.2 Å². The molecule has 6 heteroatoms. The number of carbonyl (C=O) groups is 1. The van der Waals surface area contributed by atoms with Crippen molar-refractivity contribution in [2.75, 3.05) is 20.8 Å². The van der Waals surface area contributed by atoms with E-state index in [9.17, 15) is 4.79 Å². The molecule has 1 aliphatic heterocycles. The third-order valence-electron chi connectivity index (χ3n) is 5.19. The fourth-order valence-corrected chi connectivity index (χ4v) is 4.55. The quantitative estimate of drug-likeness (QED) is 0.664. The molecule has 0 aliphatic carbocycles. The summed E-state index contributed by atoms with van der Waals surface area (Å²) < 4.78 is 11.0. The normalized spacial score (nSPS) is 15.8. The van der Waals surface area contributed by atoms with Gasteiger partial charge in [-0.25, -0.2) is 4.98 Å². The Morgan fingerprint density at radius 2 is 1.86 bits per heavy atom. The van der Waals surface area contributed by atoms with E-state index in [1.807, 2.05) is 42.2 Å². The number of aryl methyl sites for hydroxylation is 1. The van der Waals surface area contributed by atoms with Gasteiger partial charge in [-0.15, -0.1) is 11.3 Å². The van der Waals surface area contributed by atoms with Crippen LogP contribution in [0.2, 0.25) is 0 Å². The highest BCUT2D eigenvalue weighted by Gasteiger charge is 2.34. The number of thiazole rings is 1. The van der Waals surface area contributed by atoms with Crippen molar-refractivity contribution in [2.24, 2.45) is 0 Å². The number of amides is 1. The lowest BCUT2D eigenvalue weighted by Gasteiger charge is -2.38. The van der Waals surface area contributed by atoms with E-state index >= 15 is 0 Å². The van der Waals surface area contributed by atoms with Gasteiger partial charge in [0.05, 0.1) is 31.5 Å². The number of aromatic nitrogens is 1. The summed E-state index contributed by atoms with van der Waals surface area (Å²) in [7, 11) is 3.28. The Hall–Kier alpha value is -2.86. The molecule has 1 atom stereocenters. The van der Waals surface area contributed by atoms with Crippen LogP contribution in [-0.4, -0.2) is 36.6 Å². The van der Waals surface area contributed by atoms with Crippen LogP contribution in [0.1, 0.15) is 38.1 Å². The molecule has 0 spiro atoms. The topological polar surface area (TPSA) is 51.7 Å². The molecular weight excluding hydrogens is 372 g/mol. The Kier molecular flexibility index (Phi) is 5.05. The molecule has 0 unspecified atom stereocenters. The van der Waals surface area contributed by atoms with Crippen LogP contribution in [0.15, 0.2) is 48.0 Å².